The molecule has 0 bridgehead atoms. The van der Waals surface area contributed by atoms with Crippen LogP contribution in [0.4, 0.5) is 0 Å². The third-order valence-electron chi connectivity index (χ3n) is 4.58. The second-order valence-electron chi connectivity index (χ2n) is 6.94. The Bertz CT molecular complexity index is 335. The lowest BCUT2D eigenvalue weighted by Crippen LogP contribution is -2.55. The van der Waals surface area contributed by atoms with E-state index in [4.69, 9.17) is 10.5 Å². The molecule has 1 aliphatic rings. The van der Waals surface area contributed by atoms with E-state index in [9.17, 15) is 4.79 Å². The minimum Gasteiger partial charge on any atom is -0.380 e. The molecule has 124 valence electrons. The van der Waals surface area contributed by atoms with Gasteiger partial charge in [0.05, 0.1) is 11.6 Å². The van der Waals surface area contributed by atoms with Gasteiger partial charge >= 0.3 is 0 Å². The van der Waals surface area contributed by atoms with Crippen LogP contribution in [0.15, 0.2) is 0 Å². The quantitative estimate of drug-likeness (QED) is 0.710. The number of rotatable bonds is 8. The molecule has 0 radical (unpaired) electrons. The van der Waals surface area contributed by atoms with E-state index in [1.165, 1.54) is 6.42 Å². The molecular formula is C16H33N3O2. The molecule has 3 unspecified atom stereocenters. The van der Waals surface area contributed by atoms with Crippen LogP contribution >= 0.6 is 0 Å². The van der Waals surface area contributed by atoms with Crippen LogP contribution in [0.1, 0.15) is 47.0 Å². The molecule has 1 saturated heterocycles. The second kappa shape index (κ2) is 8.11. The summed E-state index contributed by atoms with van der Waals surface area (Å²) in [6.45, 7) is 11.3. The molecule has 0 aliphatic carbocycles. The Morgan fingerprint density at radius 1 is 1.52 bits per heavy atom. The van der Waals surface area contributed by atoms with Crippen LogP contribution < -0.4 is 11.1 Å². The van der Waals surface area contributed by atoms with Crippen molar-refractivity contribution in [2.24, 2.45) is 11.7 Å². The zero-order valence-corrected chi connectivity index (χ0v) is 14.3. The SMILES string of the molecule is COC1CN(CCCC(C)(NC(C)C)C(N)=O)CCC1C. The molecule has 0 spiro atoms. The monoisotopic (exact) mass is 299 g/mol. The van der Waals surface area contributed by atoms with Gasteiger partial charge in [0.1, 0.15) is 0 Å². The fourth-order valence-electron chi connectivity index (χ4n) is 3.17. The molecule has 1 amide bonds. The maximum absolute atomic E-state index is 11.7. The van der Waals surface area contributed by atoms with Gasteiger partial charge in [-0.15, -0.1) is 0 Å². The van der Waals surface area contributed by atoms with Crippen LogP contribution in [0.25, 0.3) is 0 Å². The van der Waals surface area contributed by atoms with Crippen LogP contribution in [0.3, 0.4) is 0 Å². The second-order valence-corrected chi connectivity index (χ2v) is 6.94. The average Bonchev–Trinajstić information content (AvgIpc) is 2.39. The lowest BCUT2D eigenvalue weighted by Gasteiger charge is -2.37. The van der Waals surface area contributed by atoms with Gasteiger partial charge in [-0.2, -0.15) is 0 Å². The molecule has 1 rings (SSSR count). The molecule has 1 heterocycles. The highest BCUT2D eigenvalue weighted by Gasteiger charge is 2.31. The van der Waals surface area contributed by atoms with E-state index in [1.54, 1.807) is 7.11 Å². The van der Waals surface area contributed by atoms with Gasteiger partial charge in [0.2, 0.25) is 5.91 Å². The number of ether oxygens (including phenoxy) is 1. The van der Waals surface area contributed by atoms with Gasteiger partial charge in [-0.05, 0) is 59.0 Å². The fraction of sp³-hybridized carbons (Fsp3) is 0.938. The number of amides is 1. The molecule has 0 aromatic rings. The topological polar surface area (TPSA) is 67.6 Å². The third kappa shape index (κ3) is 5.57. The Morgan fingerprint density at radius 2 is 2.19 bits per heavy atom. The summed E-state index contributed by atoms with van der Waals surface area (Å²) in [6.07, 6.45) is 3.24. The van der Waals surface area contributed by atoms with Crippen molar-refractivity contribution in [3.8, 4) is 0 Å². The Hall–Kier alpha value is -0.650. The van der Waals surface area contributed by atoms with E-state index < -0.39 is 5.54 Å². The van der Waals surface area contributed by atoms with E-state index in [0.29, 0.717) is 12.0 Å². The van der Waals surface area contributed by atoms with Gasteiger partial charge in [0.25, 0.3) is 0 Å². The summed E-state index contributed by atoms with van der Waals surface area (Å²) >= 11 is 0. The first-order valence-corrected chi connectivity index (χ1v) is 8.11. The summed E-state index contributed by atoms with van der Waals surface area (Å²) in [7, 11) is 1.79. The van der Waals surface area contributed by atoms with E-state index >= 15 is 0 Å². The zero-order chi connectivity index (χ0) is 16.0. The van der Waals surface area contributed by atoms with Crippen molar-refractivity contribution in [1.29, 1.82) is 0 Å². The third-order valence-corrected chi connectivity index (χ3v) is 4.58. The van der Waals surface area contributed by atoms with Crippen molar-refractivity contribution < 1.29 is 9.53 Å². The predicted molar refractivity (Wildman–Crippen MR) is 86.1 cm³/mol. The Balaban J connectivity index is 2.42. The minimum absolute atomic E-state index is 0.246. The average molecular weight is 299 g/mol. The highest BCUT2D eigenvalue weighted by Crippen LogP contribution is 2.21. The first-order chi connectivity index (χ1) is 9.78. The number of carbonyl (C=O) groups excluding carboxylic acids is 1. The summed E-state index contributed by atoms with van der Waals surface area (Å²) in [5.74, 6) is 0.364. The number of likely N-dealkylation sites (tertiary alicyclic amines) is 1. The summed E-state index contributed by atoms with van der Waals surface area (Å²) in [5.41, 5.74) is 4.95. The van der Waals surface area contributed by atoms with E-state index in [1.807, 2.05) is 20.8 Å². The molecular weight excluding hydrogens is 266 g/mol. The normalized spacial score (nSPS) is 26.8. The van der Waals surface area contributed by atoms with Gasteiger partial charge < -0.3 is 20.7 Å². The predicted octanol–water partition coefficient (Wildman–Crippen LogP) is 1.37. The van der Waals surface area contributed by atoms with Crippen molar-refractivity contribution in [1.82, 2.24) is 10.2 Å². The lowest BCUT2D eigenvalue weighted by atomic mass is 9.92. The minimum atomic E-state index is -0.613. The smallest absolute Gasteiger partial charge is 0.237 e. The van der Waals surface area contributed by atoms with Gasteiger partial charge in [-0.25, -0.2) is 0 Å². The van der Waals surface area contributed by atoms with Crippen molar-refractivity contribution in [3.63, 3.8) is 0 Å². The van der Waals surface area contributed by atoms with Crippen molar-refractivity contribution in [3.05, 3.63) is 0 Å². The molecule has 0 saturated carbocycles. The summed E-state index contributed by atoms with van der Waals surface area (Å²) < 4.78 is 5.54. The molecule has 21 heavy (non-hydrogen) atoms. The Labute approximate surface area is 129 Å². The number of methoxy groups -OCH3 is 1. The van der Waals surface area contributed by atoms with E-state index in [2.05, 4.69) is 17.1 Å². The number of hydrogen-bond acceptors (Lipinski definition) is 4. The first-order valence-electron chi connectivity index (χ1n) is 8.11. The maximum Gasteiger partial charge on any atom is 0.237 e. The number of nitrogens with zero attached hydrogens (tertiary/aromatic N) is 1. The van der Waals surface area contributed by atoms with Gasteiger partial charge in [0, 0.05) is 19.7 Å². The number of nitrogens with one attached hydrogen (secondary N) is 1. The molecule has 0 aromatic heterocycles. The van der Waals surface area contributed by atoms with Gasteiger partial charge in [0.15, 0.2) is 0 Å². The lowest BCUT2D eigenvalue weighted by molar-refractivity contribution is -0.124. The summed E-state index contributed by atoms with van der Waals surface area (Å²) in [5, 5.41) is 3.30. The van der Waals surface area contributed by atoms with Crippen LogP contribution in [0.5, 0.6) is 0 Å². The number of nitrogens with two attached hydrogens (primary N) is 1. The first kappa shape index (κ1) is 18.4. The molecule has 3 N–H and O–H groups in total. The fourth-order valence-corrected chi connectivity index (χ4v) is 3.17. The van der Waals surface area contributed by atoms with Crippen LogP contribution in [-0.4, -0.2) is 55.2 Å². The van der Waals surface area contributed by atoms with Crippen molar-refractivity contribution >= 4 is 5.91 Å². The van der Waals surface area contributed by atoms with E-state index in [0.717, 1.165) is 32.5 Å². The maximum atomic E-state index is 11.7. The molecule has 0 aromatic carbocycles. The van der Waals surface area contributed by atoms with Crippen LogP contribution in [0.2, 0.25) is 0 Å². The highest BCUT2D eigenvalue weighted by molar-refractivity contribution is 5.84. The number of primary amides is 1. The molecule has 3 atom stereocenters. The van der Waals surface area contributed by atoms with Gasteiger partial charge in [-0.1, -0.05) is 6.92 Å². The van der Waals surface area contributed by atoms with Crippen LogP contribution in [0, 0.1) is 5.92 Å². The summed E-state index contributed by atoms with van der Waals surface area (Å²) in [4.78, 5) is 14.1. The Morgan fingerprint density at radius 3 is 2.71 bits per heavy atom. The largest absolute Gasteiger partial charge is 0.380 e. The van der Waals surface area contributed by atoms with E-state index in [-0.39, 0.29) is 11.9 Å². The summed E-state index contributed by atoms with van der Waals surface area (Å²) in [6, 6.07) is 0.246. The van der Waals surface area contributed by atoms with Crippen molar-refractivity contribution in [2.45, 2.75) is 64.6 Å². The Kier molecular flexibility index (Phi) is 7.10. The van der Waals surface area contributed by atoms with Crippen molar-refractivity contribution in [2.75, 3.05) is 26.7 Å². The molecule has 1 aliphatic heterocycles. The number of piperidine rings is 1. The number of carbonyl (C=O) groups is 1. The number of hydrogen-bond donors (Lipinski definition) is 2. The standard InChI is InChI=1S/C16H33N3O2/c1-12(2)18-16(4,15(17)20)8-6-9-19-10-7-13(3)14(11-19)21-5/h12-14,18H,6-11H2,1-5H3,(H2,17,20). The molecule has 5 nitrogen and oxygen atoms in total. The zero-order valence-electron chi connectivity index (χ0n) is 14.3. The van der Waals surface area contributed by atoms with Gasteiger partial charge in [-0.3, -0.25) is 4.79 Å². The van der Waals surface area contributed by atoms with Crippen LogP contribution in [-0.2, 0) is 9.53 Å². The highest BCUT2D eigenvalue weighted by atomic mass is 16.5. The molecule has 1 fully saturated rings. The molecule has 5 heteroatoms.